The summed E-state index contributed by atoms with van der Waals surface area (Å²) < 4.78 is 4.15. The summed E-state index contributed by atoms with van der Waals surface area (Å²) in [6.07, 6.45) is 1.34. The second-order valence-electron chi connectivity index (χ2n) is 4.22. The van der Waals surface area contributed by atoms with E-state index >= 15 is 0 Å². The van der Waals surface area contributed by atoms with E-state index in [1.54, 1.807) is 15.2 Å². The van der Waals surface area contributed by atoms with Crippen molar-refractivity contribution in [1.29, 1.82) is 0 Å². The Morgan fingerprint density at radius 1 is 1.47 bits per heavy atom. The third kappa shape index (κ3) is 1.39. The SMILES string of the molecule is Cc1cc(=O)n2c3c1ncc(=O)n3[C@H](CI)C2. The molecule has 2 aromatic heterocycles. The Balaban J connectivity index is 2.57. The van der Waals surface area contributed by atoms with Crippen LogP contribution in [0.3, 0.4) is 0 Å². The Kier molecular flexibility index (Phi) is 2.35. The van der Waals surface area contributed by atoms with Crippen molar-refractivity contribution < 1.29 is 0 Å². The van der Waals surface area contributed by atoms with E-state index in [4.69, 9.17) is 0 Å². The minimum atomic E-state index is -0.129. The Morgan fingerprint density at radius 2 is 2.24 bits per heavy atom. The molecule has 1 aliphatic heterocycles. The van der Waals surface area contributed by atoms with Crippen molar-refractivity contribution in [2.24, 2.45) is 0 Å². The predicted molar refractivity (Wildman–Crippen MR) is 72.9 cm³/mol. The van der Waals surface area contributed by atoms with Gasteiger partial charge in [0.2, 0.25) is 0 Å². The lowest BCUT2D eigenvalue weighted by Crippen LogP contribution is -2.23. The Morgan fingerprint density at radius 3 is 2.94 bits per heavy atom. The van der Waals surface area contributed by atoms with Gasteiger partial charge >= 0.3 is 0 Å². The van der Waals surface area contributed by atoms with Crippen LogP contribution in [0.25, 0.3) is 11.2 Å². The summed E-state index contributed by atoms with van der Waals surface area (Å²) >= 11 is 2.24. The van der Waals surface area contributed by atoms with E-state index in [0.717, 1.165) is 15.5 Å². The minimum absolute atomic E-state index is 0.0523. The molecule has 6 heteroatoms. The fourth-order valence-electron chi connectivity index (χ4n) is 2.37. The topological polar surface area (TPSA) is 56.9 Å². The van der Waals surface area contributed by atoms with Crippen LogP contribution < -0.4 is 11.1 Å². The Hall–Kier alpha value is -1.18. The lowest BCUT2D eigenvalue weighted by molar-refractivity contribution is 0.541. The quantitative estimate of drug-likeness (QED) is 0.570. The van der Waals surface area contributed by atoms with Crippen molar-refractivity contribution >= 4 is 33.8 Å². The fraction of sp³-hybridized carbons (Fsp3) is 0.364. The van der Waals surface area contributed by atoms with Crippen molar-refractivity contribution in [2.75, 3.05) is 4.43 Å². The van der Waals surface area contributed by atoms with Crippen molar-refractivity contribution in [3.05, 3.63) is 38.5 Å². The van der Waals surface area contributed by atoms with Crippen LogP contribution in [0.5, 0.6) is 0 Å². The second kappa shape index (κ2) is 3.66. The number of aromatic nitrogens is 3. The van der Waals surface area contributed by atoms with Gasteiger partial charge in [0, 0.05) is 17.0 Å². The highest BCUT2D eigenvalue weighted by Crippen LogP contribution is 2.24. The van der Waals surface area contributed by atoms with E-state index in [1.165, 1.54) is 6.20 Å². The van der Waals surface area contributed by atoms with Crippen LogP contribution in [0.15, 0.2) is 21.9 Å². The molecule has 0 N–H and O–H groups in total. The zero-order valence-electron chi connectivity index (χ0n) is 9.18. The maximum Gasteiger partial charge on any atom is 0.270 e. The molecular formula is C11H10IN3O2. The lowest BCUT2D eigenvalue weighted by Gasteiger charge is -2.08. The summed E-state index contributed by atoms with van der Waals surface area (Å²) in [4.78, 5) is 27.9. The maximum absolute atomic E-state index is 11.9. The molecule has 0 fully saturated rings. The van der Waals surface area contributed by atoms with E-state index in [2.05, 4.69) is 27.6 Å². The summed E-state index contributed by atoms with van der Waals surface area (Å²) in [6.45, 7) is 2.42. The molecule has 0 saturated carbocycles. The molecule has 3 heterocycles. The van der Waals surface area contributed by atoms with E-state index in [-0.39, 0.29) is 17.2 Å². The molecular weight excluding hydrogens is 333 g/mol. The van der Waals surface area contributed by atoms with Gasteiger partial charge in [-0.2, -0.15) is 0 Å². The number of alkyl halides is 1. The van der Waals surface area contributed by atoms with Gasteiger partial charge in [-0.1, -0.05) is 22.6 Å². The third-order valence-electron chi connectivity index (χ3n) is 3.15. The van der Waals surface area contributed by atoms with Crippen molar-refractivity contribution in [2.45, 2.75) is 19.5 Å². The second-order valence-corrected chi connectivity index (χ2v) is 5.10. The number of halogens is 1. The normalized spacial score (nSPS) is 17.9. The number of aryl methyl sites for hydroxylation is 1. The van der Waals surface area contributed by atoms with Gasteiger partial charge in [-0.05, 0) is 12.5 Å². The molecule has 0 saturated heterocycles. The average Bonchev–Trinajstić information content (AvgIpc) is 2.69. The molecule has 0 radical (unpaired) electrons. The Labute approximate surface area is 110 Å². The largest absolute Gasteiger partial charge is 0.291 e. The van der Waals surface area contributed by atoms with Gasteiger partial charge in [-0.15, -0.1) is 0 Å². The first-order valence-corrected chi connectivity index (χ1v) is 6.83. The zero-order valence-corrected chi connectivity index (χ0v) is 11.3. The highest BCUT2D eigenvalue weighted by atomic mass is 127. The van der Waals surface area contributed by atoms with Gasteiger partial charge in [0.25, 0.3) is 11.1 Å². The van der Waals surface area contributed by atoms with E-state index in [9.17, 15) is 9.59 Å². The number of pyridine rings is 1. The van der Waals surface area contributed by atoms with Crippen LogP contribution in [-0.4, -0.2) is 18.5 Å². The number of nitrogens with zero attached hydrogens (tertiary/aromatic N) is 3. The zero-order chi connectivity index (χ0) is 12.2. The van der Waals surface area contributed by atoms with E-state index in [1.807, 2.05) is 6.92 Å². The molecule has 2 aromatic rings. The molecule has 1 atom stereocenters. The van der Waals surface area contributed by atoms with Gasteiger partial charge in [0.05, 0.1) is 12.2 Å². The maximum atomic E-state index is 11.9. The molecule has 0 unspecified atom stereocenters. The van der Waals surface area contributed by atoms with Crippen LogP contribution in [0.2, 0.25) is 0 Å². The molecule has 5 nitrogen and oxygen atoms in total. The number of hydrogen-bond donors (Lipinski definition) is 0. The first-order chi connectivity index (χ1) is 8.13. The number of hydrogen-bond acceptors (Lipinski definition) is 3. The number of rotatable bonds is 1. The molecule has 0 spiro atoms. The first kappa shape index (κ1) is 10.9. The predicted octanol–water partition coefficient (Wildman–Crippen LogP) is 0.856. The van der Waals surface area contributed by atoms with Crippen LogP contribution in [0.1, 0.15) is 11.6 Å². The van der Waals surface area contributed by atoms with E-state index < -0.39 is 0 Å². The highest BCUT2D eigenvalue weighted by molar-refractivity contribution is 14.1. The van der Waals surface area contributed by atoms with E-state index in [0.29, 0.717) is 12.2 Å². The van der Waals surface area contributed by atoms with Gasteiger partial charge in [0.1, 0.15) is 11.2 Å². The van der Waals surface area contributed by atoms with Gasteiger partial charge in [0.15, 0.2) is 0 Å². The molecule has 0 bridgehead atoms. The van der Waals surface area contributed by atoms with Gasteiger partial charge in [-0.25, -0.2) is 4.98 Å². The van der Waals surface area contributed by atoms with Gasteiger partial charge in [-0.3, -0.25) is 18.7 Å². The average molecular weight is 343 g/mol. The summed E-state index contributed by atoms with van der Waals surface area (Å²) in [6, 6.07) is 1.64. The molecule has 17 heavy (non-hydrogen) atoms. The molecule has 0 amide bonds. The molecule has 3 rings (SSSR count). The molecule has 0 aliphatic carbocycles. The lowest BCUT2D eigenvalue weighted by atomic mass is 10.2. The van der Waals surface area contributed by atoms with Crippen molar-refractivity contribution in [3.63, 3.8) is 0 Å². The Bertz CT molecular complexity index is 732. The fourth-order valence-corrected chi connectivity index (χ4v) is 3.04. The van der Waals surface area contributed by atoms with Crippen LogP contribution in [0, 0.1) is 6.92 Å². The summed E-state index contributed by atoms with van der Waals surface area (Å²) in [5.74, 6) is 0. The summed E-state index contributed by atoms with van der Waals surface area (Å²) in [5, 5.41) is 0. The third-order valence-corrected chi connectivity index (χ3v) is 4.17. The van der Waals surface area contributed by atoms with Crippen molar-refractivity contribution in [1.82, 2.24) is 14.1 Å². The summed E-state index contributed by atoms with van der Waals surface area (Å²) in [7, 11) is 0. The van der Waals surface area contributed by atoms with Crippen LogP contribution in [0.4, 0.5) is 0 Å². The molecule has 88 valence electrons. The smallest absolute Gasteiger partial charge is 0.270 e. The standard InChI is InChI=1S/C11H10IN3O2/c1-6-2-8(16)14-5-7(3-12)15-9(17)4-13-10(6)11(14)15/h2,4,7H,3,5H2,1H3/t7-/m1/s1. The monoisotopic (exact) mass is 343 g/mol. The molecule has 1 aliphatic rings. The van der Waals surface area contributed by atoms with Crippen LogP contribution in [-0.2, 0) is 6.54 Å². The van der Waals surface area contributed by atoms with Crippen molar-refractivity contribution in [3.8, 4) is 0 Å². The molecule has 0 aromatic carbocycles. The highest BCUT2D eigenvalue weighted by Gasteiger charge is 2.26. The van der Waals surface area contributed by atoms with Crippen LogP contribution >= 0.6 is 22.6 Å². The summed E-state index contributed by atoms with van der Waals surface area (Å²) in [5.41, 5.74) is 2.06. The van der Waals surface area contributed by atoms with Gasteiger partial charge < -0.3 is 0 Å². The minimum Gasteiger partial charge on any atom is -0.291 e. The first-order valence-electron chi connectivity index (χ1n) is 5.31.